The van der Waals surface area contributed by atoms with Gasteiger partial charge in [-0.3, -0.25) is 4.57 Å². The van der Waals surface area contributed by atoms with Gasteiger partial charge in [-0.2, -0.15) is 4.98 Å². The Morgan fingerprint density at radius 1 is 1.71 bits per heavy atom. The summed E-state index contributed by atoms with van der Waals surface area (Å²) in [6.45, 7) is 1.95. The number of ether oxygens (including phenoxy) is 1. The highest BCUT2D eigenvalue weighted by Gasteiger charge is 2.34. The molecule has 1 fully saturated rings. The molecule has 2 N–H and O–H groups in total. The summed E-state index contributed by atoms with van der Waals surface area (Å²) in [6.07, 6.45) is 1.67. The summed E-state index contributed by atoms with van der Waals surface area (Å²) in [5, 5.41) is 12.5. The Labute approximate surface area is 99.2 Å². The molecule has 0 bridgehead atoms. The quantitative estimate of drug-likeness (QED) is 0.795. The Morgan fingerprint density at radius 3 is 3.00 bits per heavy atom. The Hall–Kier alpha value is -1.40. The van der Waals surface area contributed by atoms with E-state index in [0.717, 1.165) is 6.42 Å². The minimum absolute atomic E-state index is 0.198. The second kappa shape index (κ2) is 4.85. The second-order valence-electron chi connectivity index (χ2n) is 4.09. The smallest absolute Gasteiger partial charge is 0.351 e. The van der Waals surface area contributed by atoms with Crippen LogP contribution in [0.2, 0.25) is 0 Å². The van der Waals surface area contributed by atoms with Crippen molar-refractivity contribution in [2.75, 3.05) is 12.4 Å². The molecule has 1 unspecified atom stereocenters. The fourth-order valence-electron chi connectivity index (χ4n) is 2.02. The fraction of sp³-hybridized carbons (Fsp3) is 0.636. The molecule has 2 rings (SSSR count). The Morgan fingerprint density at radius 2 is 2.47 bits per heavy atom. The lowest BCUT2D eigenvalue weighted by atomic mass is 10.1. The topological polar surface area (TPSA) is 76.4 Å². The van der Waals surface area contributed by atoms with Crippen molar-refractivity contribution in [2.45, 2.75) is 38.2 Å². The molecule has 1 saturated heterocycles. The molecular weight excluding hydrogens is 222 g/mol. The summed E-state index contributed by atoms with van der Waals surface area (Å²) in [7, 11) is 1.70. The van der Waals surface area contributed by atoms with Crippen molar-refractivity contribution >= 4 is 5.82 Å². The zero-order valence-corrected chi connectivity index (χ0v) is 9.96. The van der Waals surface area contributed by atoms with E-state index in [2.05, 4.69) is 10.3 Å². The average Bonchev–Trinajstić information content (AvgIpc) is 2.70. The van der Waals surface area contributed by atoms with Gasteiger partial charge >= 0.3 is 5.69 Å². The SMILES string of the molecule is CC[C@H]1O[C@@H](n2ccc(NC)nc2=O)CC1O. The summed E-state index contributed by atoms with van der Waals surface area (Å²) in [5.41, 5.74) is -0.370. The number of rotatable bonds is 3. The molecule has 0 radical (unpaired) electrons. The van der Waals surface area contributed by atoms with Gasteiger partial charge in [0.25, 0.3) is 0 Å². The minimum atomic E-state index is -0.513. The third kappa shape index (κ3) is 2.32. The number of hydrogen-bond acceptors (Lipinski definition) is 5. The highest BCUT2D eigenvalue weighted by molar-refractivity contribution is 5.30. The van der Waals surface area contributed by atoms with E-state index in [9.17, 15) is 9.90 Å². The van der Waals surface area contributed by atoms with Crippen LogP contribution in [0.4, 0.5) is 5.82 Å². The normalized spacial score (nSPS) is 28.3. The molecule has 1 aliphatic heterocycles. The molecule has 94 valence electrons. The van der Waals surface area contributed by atoms with E-state index in [1.807, 2.05) is 6.92 Å². The summed E-state index contributed by atoms with van der Waals surface area (Å²) in [6, 6.07) is 1.70. The predicted octanol–water partition coefficient (Wildman–Crippen LogP) is 0.343. The van der Waals surface area contributed by atoms with Gasteiger partial charge in [-0.25, -0.2) is 4.79 Å². The summed E-state index contributed by atoms with van der Waals surface area (Å²) in [4.78, 5) is 15.6. The van der Waals surface area contributed by atoms with Crippen molar-refractivity contribution in [1.29, 1.82) is 0 Å². The molecule has 0 saturated carbocycles. The minimum Gasteiger partial charge on any atom is -0.390 e. The van der Waals surface area contributed by atoms with Crippen LogP contribution >= 0.6 is 0 Å². The lowest BCUT2D eigenvalue weighted by Crippen LogP contribution is -2.27. The van der Waals surface area contributed by atoms with E-state index in [0.29, 0.717) is 12.2 Å². The predicted molar refractivity (Wildman–Crippen MR) is 62.9 cm³/mol. The zero-order valence-electron chi connectivity index (χ0n) is 9.96. The fourth-order valence-corrected chi connectivity index (χ4v) is 2.02. The number of aliphatic hydroxyl groups is 1. The van der Waals surface area contributed by atoms with Crippen LogP contribution in [0.1, 0.15) is 26.0 Å². The third-order valence-electron chi connectivity index (χ3n) is 3.00. The molecule has 3 atom stereocenters. The van der Waals surface area contributed by atoms with Gasteiger partial charge in [0.05, 0.1) is 12.2 Å². The maximum atomic E-state index is 11.7. The van der Waals surface area contributed by atoms with Crippen LogP contribution in [-0.2, 0) is 4.74 Å². The van der Waals surface area contributed by atoms with Crippen LogP contribution in [0.5, 0.6) is 0 Å². The highest BCUT2D eigenvalue weighted by Crippen LogP contribution is 2.29. The van der Waals surface area contributed by atoms with Gasteiger partial charge in [-0.15, -0.1) is 0 Å². The van der Waals surface area contributed by atoms with Crippen molar-refractivity contribution in [2.24, 2.45) is 0 Å². The maximum Gasteiger partial charge on any atom is 0.351 e. The molecule has 6 heteroatoms. The number of nitrogens with one attached hydrogen (secondary N) is 1. The highest BCUT2D eigenvalue weighted by atomic mass is 16.5. The molecule has 17 heavy (non-hydrogen) atoms. The van der Waals surface area contributed by atoms with Crippen LogP contribution in [0.3, 0.4) is 0 Å². The number of nitrogens with zero attached hydrogens (tertiary/aromatic N) is 2. The van der Waals surface area contributed by atoms with E-state index in [-0.39, 0.29) is 11.8 Å². The molecular formula is C11H17N3O3. The summed E-state index contributed by atoms with van der Waals surface area (Å²) >= 11 is 0. The van der Waals surface area contributed by atoms with E-state index < -0.39 is 12.3 Å². The molecule has 6 nitrogen and oxygen atoms in total. The van der Waals surface area contributed by atoms with Gasteiger partial charge in [0.2, 0.25) is 0 Å². The van der Waals surface area contributed by atoms with Gasteiger partial charge in [0.1, 0.15) is 12.0 Å². The van der Waals surface area contributed by atoms with Gasteiger partial charge in [0, 0.05) is 19.7 Å². The Bertz CT molecular complexity index is 446. The second-order valence-corrected chi connectivity index (χ2v) is 4.09. The van der Waals surface area contributed by atoms with Crippen molar-refractivity contribution in [3.8, 4) is 0 Å². The van der Waals surface area contributed by atoms with Crippen LogP contribution in [0.25, 0.3) is 0 Å². The van der Waals surface area contributed by atoms with E-state index in [1.165, 1.54) is 4.57 Å². The first-order valence-electron chi connectivity index (χ1n) is 5.76. The zero-order chi connectivity index (χ0) is 12.4. The van der Waals surface area contributed by atoms with E-state index >= 15 is 0 Å². The lowest BCUT2D eigenvalue weighted by molar-refractivity contribution is -0.0216. The third-order valence-corrected chi connectivity index (χ3v) is 3.00. The molecule has 0 spiro atoms. The van der Waals surface area contributed by atoms with E-state index in [1.54, 1.807) is 19.3 Å². The number of aromatic nitrogens is 2. The van der Waals surface area contributed by atoms with Gasteiger partial charge in [-0.1, -0.05) is 6.92 Å². The molecule has 1 aromatic heterocycles. The van der Waals surface area contributed by atoms with E-state index in [4.69, 9.17) is 4.74 Å². The first kappa shape index (κ1) is 12.1. The molecule has 0 amide bonds. The van der Waals surface area contributed by atoms with Crippen molar-refractivity contribution in [3.63, 3.8) is 0 Å². The average molecular weight is 239 g/mol. The molecule has 0 aliphatic carbocycles. The molecule has 2 heterocycles. The standard InChI is InChI=1S/C11H17N3O3/c1-3-8-7(15)6-10(17-8)14-5-4-9(12-2)13-11(14)16/h4-5,7-8,10,15H,3,6H2,1-2H3,(H,12,13,16)/t7?,8-,10-/m1/s1. The maximum absolute atomic E-state index is 11.7. The first-order valence-corrected chi connectivity index (χ1v) is 5.76. The number of aliphatic hydroxyl groups excluding tert-OH is 1. The van der Waals surface area contributed by atoms with Crippen molar-refractivity contribution in [1.82, 2.24) is 9.55 Å². The summed E-state index contributed by atoms with van der Waals surface area (Å²) in [5.74, 6) is 0.525. The lowest BCUT2D eigenvalue weighted by Gasteiger charge is -2.14. The molecule has 0 aromatic carbocycles. The van der Waals surface area contributed by atoms with Crippen molar-refractivity contribution in [3.05, 3.63) is 22.7 Å². The Balaban J connectivity index is 2.22. The largest absolute Gasteiger partial charge is 0.390 e. The summed E-state index contributed by atoms with van der Waals surface area (Å²) < 4.78 is 7.03. The first-order chi connectivity index (χ1) is 8.15. The Kier molecular flexibility index (Phi) is 3.44. The van der Waals surface area contributed by atoms with Gasteiger partial charge in [0.15, 0.2) is 0 Å². The van der Waals surface area contributed by atoms with Crippen LogP contribution in [0, 0.1) is 0 Å². The van der Waals surface area contributed by atoms with Gasteiger partial charge < -0.3 is 15.2 Å². The van der Waals surface area contributed by atoms with Crippen LogP contribution in [0.15, 0.2) is 17.1 Å². The van der Waals surface area contributed by atoms with Crippen molar-refractivity contribution < 1.29 is 9.84 Å². The van der Waals surface area contributed by atoms with Crippen LogP contribution < -0.4 is 11.0 Å². The van der Waals surface area contributed by atoms with Crippen LogP contribution in [-0.4, -0.2) is 33.9 Å². The number of anilines is 1. The molecule has 1 aromatic rings. The van der Waals surface area contributed by atoms with Gasteiger partial charge in [-0.05, 0) is 12.5 Å². The number of hydrogen-bond donors (Lipinski definition) is 2. The molecule has 1 aliphatic rings. The monoisotopic (exact) mass is 239 g/mol.